The van der Waals surface area contributed by atoms with E-state index in [-0.39, 0.29) is 23.7 Å². The van der Waals surface area contributed by atoms with Crippen LogP contribution in [0.3, 0.4) is 0 Å². The number of benzene rings is 1. The molecule has 1 aromatic carbocycles. The summed E-state index contributed by atoms with van der Waals surface area (Å²) in [5, 5.41) is 0. The number of nitrogens with zero attached hydrogens (tertiary/aromatic N) is 2. The molecule has 0 spiro atoms. The van der Waals surface area contributed by atoms with Crippen LogP contribution in [0, 0.1) is 5.82 Å². The SMILES string of the molecule is C[C@@H]1CN(CCCONC(=O)c2cc(-c3ccc(F)cc3)ccn2)C[C@H](C)O1. The highest BCUT2D eigenvalue weighted by Gasteiger charge is 2.21. The molecule has 0 aliphatic carbocycles. The van der Waals surface area contributed by atoms with Crippen LogP contribution in [0.1, 0.15) is 30.8 Å². The summed E-state index contributed by atoms with van der Waals surface area (Å²) in [4.78, 5) is 24.0. The van der Waals surface area contributed by atoms with Crippen LogP contribution in [-0.4, -0.2) is 54.2 Å². The third-order valence-corrected chi connectivity index (χ3v) is 4.55. The van der Waals surface area contributed by atoms with Gasteiger partial charge >= 0.3 is 0 Å². The molecular formula is C21H26FN3O3. The molecule has 0 bridgehead atoms. The number of rotatable bonds is 7. The second-order valence-corrected chi connectivity index (χ2v) is 7.09. The molecule has 1 saturated heterocycles. The lowest BCUT2D eigenvalue weighted by molar-refractivity contribution is -0.0701. The zero-order valence-electron chi connectivity index (χ0n) is 16.2. The summed E-state index contributed by atoms with van der Waals surface area (Å²) in [7, 11) is 0. The Kier molecular flexibility index (Phi) is 7.08. The quantitative estimate of drug-likeness (QED) is 0.584. The maximum absolute atomic E-state index is 13.1. The Labute approximate surface area is 164 Å². The zero-order chi connectivity index (χ0) is 19.9. The molecule has 0 radical (unpaired) electrons. The van der Waals surface area contributed by atoms with E-state index in [0.717, 1.165) is 37.2 Å². The maximum atomic E-state index is 13.1. The van der Waals surface area contributed by atoms with Crippen LogP contribution in [0.5, 0.6) is 0 Å². The van der Waals surface area contributed by atoms with Crippen molar-refractivity contribution in [2.75, 3.05) is 26.2 Å². The van der Waals surface area contributed by atoms with Crippen LogP contribution in [-0.2, 0) is 9.57 Å². The fourth-order valence-electron chi connectivity index (χ4n) is 3.37. The number of halogens is 1. The molecule has 1 amide bonds. The third kappa shape index (κ3) is 5.82. The van der Waals surface area contributed by atoms with Gasteiger partial charge in [0.25, 0.3) is 5.91 Å². The average molecular weight is 387 g/mol. The predicted octanol–water partition coefficient (Wildman–Crippen LogP) is 3.05. The second kappa shape index (κ2) is 9.73. The highest BCUT2D eigenvalue weighted by atomic mass is 19.1. The molecule has 1 aliphatic heterocycles. The minimum atomic E-state index is -0.405. The van der Waals surface area contributed by atoms with Crippen LogP contribution >= 0.6 is 0 Å². The number of aromatic nitrogens is 1. The molecule has 2 atom stereocenters. The van der Waals surface area contributed by atoms with E-state index in [1.54, 1.807) is 30.5 Å². The first-order chi connectivity index (χ1) is 13.5. The molecular weight excluding hydrogens is 361 g/mol. The van der Waals surface area contributed by atoms with Crippen molar-refractivity contribution in [1.82, 2.24) is 15.4 Å². The molecule has 1 fully saturated rings. The number of hydrogen-bond acceptors (Lipinski definition) is 5. The van der Waals surface area contributed by atoms with Crippen LogP contribution in [0.2, 0.25) is 0 Å². The van der Waals surface area contributed by atoms with E-state index in [9.17, 15) is 9.18 Å². The fraction of sp³-hybridized carbons (Fsp3) is 0.429. The van der Waals surface area contributed by atoms with Gasteiger partial charge in [0.2, 0.25) is 0 Å². The zero-order valence-corrected chi connectivity index (χ0v) is 16.2. The molecule has 28 heavy (non-hydrogen) atoms. The lowest BCUT2D eigenvalue weighted by Gasteiger charge is -2.35. The molecule has 0 saturated carbocycles. The van der Waals surface area contributed by atoms with E-state index in [1.807, 2.05) is 0 Å². The Hall–Kier alpha value is -2.35. The van der Waals surface area contributed by atoms with Gasteiger partial charge in [-0.1, -0.05) is 12.1 Å². The van der Waals surface area contributed by atoms with E-state index < -0.39 is 5.91 Å². The monoisotopic (exact) mass is 387 g/mol. The molecule has 6 nitrogen and oxygen atoms in total. The smallest absolute Gasteiger partial charge is 0.293 e. The molecule has 7 heteroatoms. The van der Waals surface area contributed by atoms with Crippen molar-refractivity contribution >= 4 is 5.91 Å². The van der Waals surface area contributed by atoms with E-state index in [1.165, 1.54) is 12.1 Å². The number of carbonyl (C=O) groups excluding carboxylic acids is 1. The van der Waals surface area contributed by atoms with Gasteiger partial charge in [-0.05, 0) is 55.7 Å². The Balaban J connectivity index is 1.44. The van der Waals surface area contributed by atoms with Gasteiger partial charge < -0.3 is 4.74 Å². The Morgan fingerprint density at radius 3 is 2.64 bits per heavy atom. The number of morpholine rings is 1. The molecule has 3 rings (SSSR count). The summed E-state index contributed by atoms with van der Waals surface area (Å²) in [5.41, 5.74) is 4.29. The largest absolute Gasteiger partial charge is 0.373 e. The lowest BCUT2D eigenvalue weighted by atomic mass is 10.1. The van der Waals surface area contributed by atoms with Gasteiger partial charge in [-0.3, -0.25) is 19.5 Å². The predicted molar refractivity (Wildman–Crippen MR) is 104 cm³/mol. The summed E-state index contributed by atoms with van der Waals surface area (Å²) < 4.78 is 18.8. The van der Waals surface area contributed by atoms with Crippen LogP contribution in [0.15, 0.2) is 42.6 Å². The van der Waals surface area contributed by atoms with Crippen molar-refractivity contribution in [1.29, 1.82) is 0 Å². The summed E-state index contributed by atoms with van der Waals surface area (Å²) in [6.45, 7) is 7.29. The number of nitrogens with one attached hydrogen (secondary N) is 1. The van der Waals surface area contributed by atoms with Crippen molar-refractivity contribution < 1.29 is 18.8 Å². The van der Waals surface area contributed by atoms with Crippen molar-refractivity contribution in [2.24, 2.45) is 0 Å². The second-order valence-electron chi connectivity index (χ2n) is 7.09. The molecule has 2 heterocycles. The van der Waals surface area contributed by atoms with Crippen molar-refractivity contribution in [3.05, 3.63) is 54.1 Å². The van der Waals surface area contributed by atoms with Crippen molar-refractivity contribution in [3.63, 3.8) is 0 Å². The van der Waals surface area contributed by atoms with Gasteiger partial charge in [0.1, 0.15) is 11.5 Å². The topological polar surface area (TPSA) is 63.7 Å². The van der Waals surface area contributed by atoms with E-state index >= 15 is 0 Å². The lowest BCUT2D eigenvalue weighted by Crippen LogP contribution is -2.45. The minimum absolute atomic E-state index is 0.240. The van der Waals surface area contributed by atoms with Crippen molar-refractivity contribution in [2.45, 2.75) is 32.5 Å². The molecule has 1 aromatic heterocycles. The number of amides is 1. The first kappa shape index (κ1) is 20.4. The number of hydrogen-bond donors (Lipinski definition) is 1. The Bertz CT molecular complexity index is 775. The maximum Gasteiger partial charge on any atom is 0.293 e. The molecule has 1 aliphatic rings. The molecule has 150 valence electrons. The van der Waals surface area contributed by atoms with Crippen LogP contribution < -0.4 is 5.48 Å². The van der Waals surface area contributed by atoms with E-state index in [4.69, 9.17) is 9.57 Å². The average Bonchev–Trinajstić information content (AvgIpc) is 2.67. The summed E-state index contributed by atoms with van der Waals surface area (Å²) >= 11 is 0. The highest BCUT2D eigenvalue weighted by molar-refractivity contribution is 5.92. The third-order valence-electron chi connectivity index (χ3n) is 4.55. The van der Waals surface area contributed by atoms with Gasteiger partial charge in [-0.2, -0.15) is 0 Å². The normalized spacial score (nSPS) is 20.1. The van der Waals surface area contributed by atoms with Gasteiger partial charge in [0.05, 0.1) is 18.8 Å². The first-order valence-electron chi connectivity index (χ1n) is 9.53. The number of hydroxylamine groups is 1. The number of pyridine rings is 1. The first-order valence-corrected chi connectivity index (χ1v) is 9.53. The standard InChI is InChI=1S/C21H26FN3O3/c1-15-13-25(14-16(2)28-15)10-3-11-27-24-21(26)20-12-18(8-9-23-20)17-4-6-19(22)7-5-17/h4-9,12,15-16H,3,10-11,13-14H2,1-2H3,(H,24,26)/t15-,16+. The van der Waals surface area contributed by atoms with Gasteiger partial charge in [-0.25, -0.2) is 9.87 Å². The van der Waals surface area contributed by atoms with Gasteiger partial charge in [0, 0.05) is 25.8 Å². The molecule has 1 N–H and O–H groups in total. The van der Waals surface area contributed by atoms with Crippen LogP contribution in [0.25, 0.3) is 11.1 Å². The van der Waals surface area contributed by atoms with Crippen LogP contribution in [0.4, 0.5) is 4.39 Å². The van der Waals surface area contributed by atoms with E-state index in [2.05, 4.69) is 29.2 Å². The summed E-state index contributed by atoms with van der Waals surface area (Å²) in [6.07, 6.45) is 2.84. The summed E-state index contributed by atoms with van der Waals surface area (Å²) in [5.74, 6) is -0.706. The Morgan fingerprint density at radius 1 is 1.21 bits per heavy atom. The fourth-order valence-corrected chi connectivity index (χ4v) is 3.37. The van der Waals surface area contributed by atoms with Crippen molar-refractivity contribution in [3.8, 4) is 11.1 Å². The number of ether oxygens (including phenoxy) is 1. The molecule has 2 aromatic rings. The highest BCUT2D eigenvalue weighted by Crippen LogP contribution is 2.19. The van der Waals surface area contributed by atoms with E-state index in [0.29, 0.717) is 6.61 Å². The summed E-state index contributed by atoms with van der Waals surface area (Å²) in [6, 6.07) is 9.52. The molecule has 0 unspecified atom stereocenters. The minimum Gasteiger partial charge on any atom is -0.373 e. The van der Waals surface area contributed by atoms with Gasteiger partial charge in [-0.15, -0.1) is 0 Å². The van der Waals surface area contributed by atoms with Gasteiger partial charge in [0.15, 0.2) is 0 Å². The Morgan fingerprint density at radius 2 is 1.93 bits per heavy atom. The number of carbonyl (C=O) groups is 1.